The molecular formula is C2H7F3O3S2. The lowest BCUT2D eigenvalue weighted by Crippen LogP contribution is -2.21. The van der Waals surface area contributed by atoms with E-state index in [2.05, 4.69) is 0 Å². The van der Waals surface area contributed by atoms with Crippen LogP contribution in [-0.4, -0.2) is 18.5 Å². The Morgan fingerprint density at radius 2 is 1.30 bits per heavy atom. The highest BCUT2D eigenvalue weighted by atomic mass is 32.2. The molecule has 66 valence electrons. The zero-order valence-corrected chi connectivity index (χ0v) is 5.62. The Labute approximate surface area is 63.4 Å². The predicted molar refractivity (Wildman–Crippen MR) is 34.7 cm³/mol. The smallest absolute Gasteiger partial charge is 0.279 e. The SMILES string of the molecule is C.O=S(=O)(O)C(F)(F)F.S. The Morgan fingerprint density at radius 1 is 1.20 bits per heavy atom. The van der Waals surface area contributed by atoms with Gasteiger partial charge in [0.15, 0.2) is 0 Å². The van der Waals surface area contributed by atoms with Gasteiger partial charge in [0.2, 0.25) is 0 Å². The maximum absolute atomic E-state index is 10.7. The molecule has 0 unspecified atom stereocenters. The van der Waals surface area contributed by atoms with Gasteiger partial charge in [-0.1, -0.05) is 7.43 Å². The fraction of sp³-hybridized carbons (Fsp3) is 1.00. The quantitative estimate of drug-likeness (QED) is 0.471. The zero-order valence-electron chi connectivity index (χ0n) is 3.81. The number of alkyl halides is 3. The van der Waals surface area contributed by atoms with Crippen LogP contribution in [0.3, 0.4) is 0 Å². The Bertz CT molecular complexity index is 169. The van der Waals surface area contributed by atoms with Gasteiger partial charge in [-0.25, -0.2) is 0 Å². The molecule has 0 heterocycles. The molecule has 0 aliphatic heterocycles. The number of halogens is 3. The first kappa shape index (κ1) is 16.6. The fourth-order valence-electron chi connectivity index (χ4n) is 0. The highest BCUT2D eigenvalue weighted by Gasteiger charge is 2.44. The Balaban J connectivity index is -0.000000245. The highest BCUT2D eigenvalue weighted by Crippen LogP contribution is 2.20. The molecule has 10 heavy (non-hydrogen) atoms. The summed E-state index contributed by atoms with van der Waals surface area (Å²) in [4.78, 5) is 0. The highest BCUT2D eigenvalue weighted by molar-refractivity contribution is 7.86. The van der Waals surface area contributed by atoms with Crippen molar-refractivity contribution in [2.75, 3.05) is 0 Å². The van der Waals surface area contributed by atoms with Gasteiger partial charge in [-0.3, -0.25) is 4.55 Å². The molecule has 0 saturated carbocycles. The van der Waals surface area contributed by atoms with Crippen LogP contribution in [-0.2, 0) is 10.1 Å². The van der Waals surface area contributed by atoms with Crippen LogP contribution in [0.15, 0.2) is 0 Å². The average molecular weight is 200 g/mol. The van der Waals surface area contributed by atoms with E-state index in [1.54, 1.807) is 0 Å². The topological polar surface area (TPSA) is 54.4 Å². The molecule has 0 aromatic rings. The van der Waals surface area contributed by atoms with Crippen molar-refractivity contribution in [2.24, 2.45) is 0 Å². The van der Waals surface area contributed by atoms with Crippen molar-refractivity contribution in [1.29, 1.82) is 0 Å². The summed E-state index contributed by atoms with van der Waals surface area (Å²) in [5.41, 5.74) is -5.53. The second-order valence-corrected chi connectivity index (χ2v) is 2.33. The standard InChI is InChI=1S/CHF3O3S.CH4.H2S/c2-1(3,4)8(5,6)7;;/h(H,5,6,7);1H4;1H2. The molecule has 0 aliphatic carbocycles. The molecule has 0 amide bonds. The van der Waals surface area contributed by atoms with Gasteiger partial charge in [-0.2, -0.15) is 35.1 Å². The first-order chi connectivity index (χ1) is 3.25. The molecule has 0 saturated heterocycles. The van der Waals surface area contributed by atoms with E-state index in [9.17, 15) is 13.2 Å². The van der Waals surface area contributed by atoms with Crippen LogP contribution >= 0.6 is 13.5 Å². The van der Waals surface area contributed by atoms with Crippen molar-refractivity contribution < 1.29 is 26.1 Å². The molecule has 0 radical (unpaired) electrons. The summed E-state index contributed by atoms with van der Waals surface area (Å²) in [5.74, 6) is 0. The summed E-state index contributed by atoms with van der Waals surface area (Å²) in [6.07, 6.45) is 0. The Morgan fingerprint density at radius 3 is 1.30 bits per heavy atom. The zero-order chi connectivity index (χ0) is 7.00. The second-order valence-electron chi connectivity index (χ2n) is 0.921. The van der Waals surface area contributed by atoms with Crippen molar-refractivity contribution in [3.63, 3.8) is 0 Å². The van der Waals surface area contributed by atoms with Crippen LogP contribution in [0.25, 0.3) is 0 Å². The molecule has 1 N–H and O–H groups in total. The van der Waals surface area contributed by atoms with E-state index in [0.29, 0.717) is 0 Å². The van der Waals surface area contributed by atoms with Crippen molar-refractivity contribution in [3.8, 4) is 0 Å². The minimum absolute atomic E-state index is 0. The first-order valence-corrected chi connectivity index (χ1v) is 2.73. The maximum atomic E-state index is 10.7. The van der Waals surface area contributed by atoms with Gasteiger partial charge in [0, 0.05) is 0 Å². The van der Waals surface area contributed by atoms with Gasteiger partial charge in [0.05, 0.1) is 0 Å². The van der Waals surface area contributed by atoms with Gasteiger partial charge in [-0.05, 0) is 0 Å². The van der Waals surface area contributed by atoms with Crippen LogP contribution in [0.4, 0.5) is 13.2 Å². The maximum Gasteiger partial charge on any atom is 0.522 e. The fourth-order valence-corrected chi connectivity index (χ4v) is 0. The summed E-state index contributed by atoms with van der Waals surface area (Å²) in [6, 6.07) is 0. The van der Waals surface area contributed by atoms with Crippen LogP contribution in [0.5, 0.6) is 0 Å². The average Bonchev–Trinajstić information content (AvgIpc) is 1.25. The minimum atomic E-state index is -5.84. The summed E-state index contributed by atoms with van der Waals surface area (Å²) < 4.78 is 57.5. The van der Waals surface area contributed by atoms with E-state index in [1.165, 1.54) is 0 Å². The van der Waals surface area contributed by atoms with E-state index >= 15 is 0 Å². The lowest BCUT2D eigenvalue weighted by molar-refractivity contribution is -0.0510. The van der Waals surface area contributed by atoms with Crippen LogP contribution in [0, 0.1) is 0 Å². The molecule has 3 nitrogen and oxygen atoms in total. The molecule has 0 rings (SSSR count). The third-order valence-electron chi connectivity index (χ3n) is 0.292. The second kappa shape index (κ2) is 4.04. The summed E-state index contributed by atoms with van der Waals surface area (Å²) in [7, 11) is -5.84. The predicted octanol–water partition coefficient (Wildman–Crippen LogP) is 1.14. The van der Waals surface area contributed by atoms with Gasteiger partial charge in [0.25, 0.3) is 0 Å². The molecule has 0 bridgehead atoms. The lowest BCUT2D eigenvalue weighted by atomic mass is 11.6. The van der Waals surface area contributed by atoms with Crippen molar-refractivity contribution in [1.82, 2.24) is 0 Å². The molecule has 0 aromatic carbocycles. The van der Waals surface area contributed by atoms with Crippen molar-refractivity contribution in [2.45, 2.75) is 12.9 Å². The number of hydrogen-bond donors (Lipinski definition) is 1. The molecule has 0 aliphatic rings. The molecule has 0 aromatic heterocycles. The van der Waals surface area contributed by atoms with Crippen molar-refractivity contribution >= 4 is 23.6 Å². The van der Waals surface area contributed by atoms with Crippen LogP contribution in [0.1, 0.15) is 7.43 Å². The van der Waals surface area contributed by atoms with E-state index in [4.69, 9.17) is 13.0 Å². The van der Waals surface area contributed by atoms with Crippen LogP contribution < -0.4 is 0 Å². The van der Waals surface area contributed by atoms with E-state index < -0.39 is 15.6 Å². The molecular weight excluding hydrogens is 193 g/mol. The van der Waals surface area contributed by atoms with Crippen molar-refractivity contribution in [3.05, 3.63) is 0 Å². The van der Waals surface area contributed by atoms with Gasteiger partial charge >= 0.3 is 15.6 Å². The normalized spacial score (nSPS) is 11.2. The lowest BCUT2D eigenvalue weighted by Gasteiger charge is -1.97. The third-order valence-corrected chi connectivity index (χ3v) is 0.877. The number of hydrogen-bond acceptors (Lipinski definition) is 2. The van der Waals surface area contributed by atoms with Gasteiger partial charge in [-0.15, -0.1) is 0 Å². The molecule has 0 atom stereocenters. The van der Waals surface area contributed by atoms with Gasteiger partial charge < -0.3 is 0 Å². The number of rotatable bonds is 0. The monoisotopic (exact) mass is 200 g/mol. The van der Waals surface area contributed by atoms with E-state index in [-0.39, 0.29) is 20.9 Å². The van der Waals surface area contributed by atoms with Crippen LogP contribution in [0.2, 0.25) is 0 Å². The van der Waals surface area contributed by atoms with E-state index in [0.717, 1.165) is 0 Å². The summed E-state index contributed by atoms with van der Waals surface area (Å²) in [6.45, 7) is 0. The Kier molecular flexibility index (Phi) is 6.69. The van der Waals surface area contributed by atoms with E-state index in [1.807, 2.05) is 0 Å². The summed E-state index contributed by atoms with van der Waals surface area (Å²) in [5, 5.41) is 0. The third kappa shape index (κ3) is 4.89. The molecule has 0 spiro atoms. The minimum Gasteiger partial charge on any atom is -0.279 e. The van der Waals surface area contributed by atoms with Gasteiger partial charge in [0.1, 0.15) is 0 Å². The summed E-state index contributed by atoms with van der Waals surface area (Å²) >= 11 is 0. The molecule has 0 fully saturated rings. The Hall–Kier alpha value is 0.0500. The first-order valence-electron chi connectivity index (χ1n) is 1.29. The largest absolute Gasteiger partial charge is 0.522 e. The molecule has 8 heteroatoms.